The molecule has 3 rings (SSSR count). The number of aryl methyl sites for hydroxylation is 1. The van der Waals surface area contributed by atoms with Gasteiger partial charge in [-0.15, -0.1) is 0 Å². The number of hydrogen-bond acceptors (Lipinski definition) is 3. The van der Waals surface area contributed by atoms with E-state index in [1.54, 1.807) is 0 Å². The van der Waals surface area contributed by atoms with Crippen LogP contribution < -0.4 is 0 Å². The minimum absolute atomic E-state index is 0.0506. The Bertz CT molecular complexity index is 1190. The number of aromatic carboxylic acids is 1. The van der Waals surface area contributed by atoms with Crippen molar-refractivity contribution in [1.29, 1.82) is 0 Å². The summed E-state index contributed by atoms with van der Waals surface area (Å²) in [6.45, 7) is 0. The van der Waals surface area contributed by atoms with Gasteiger partial charge >= 0.3 is 24.2 Å². The largest absolute Gasteiger partial charge is 0.478 e. The zero-order valence-corrected chi connectivity index (χ0v) is 16.2. The van der Waals surface area contributed by atoms with Crippen molar-refractivity contribution in [2.45, 2.75) is 18.3 Å². The first-order chi connectivity index (χ1) is 14.6. The number of carboxylic acid groups (broad SMARTS) is 1. The summed E-state index contributed by atoms with van der Waals surface area (Å²) >= 11 is 5.74. The maximum atomic E-state index is 13.8. The number of halogens is 9. The number of aromatic nitrogens is 2. The van der Waals surface area contributed by atoms with Gasteiger partial charge in [0, 0.05) is 18.2 Å². The molecule has 0 aliphatic carbocycles. The fraction of sp³-hybridized carbons (Fsp3) is 0.222. The quantitative estimate of drug-likeness (QED) is 0.433. The topological polar surface area (TPSA) is 68.3 Å². The van der Waals surface area contributed by atoms with Crippen LogP contribution in [0.2, 0.25) is 5.02 Å². The Morgan fingerprint density at radius 2 is 1.69 bits per heavy atom. The van der Waals surface area contributed by atoms with Crippen molar-refractivity contribution in [3.8, 4) is 22.6 Å². The summed E-state index contributed by atoms with van der Waals surface area (Å²) in [5.74, 6) is -7.49. The van der Waals surface area contributed by atoms with Crippen LogP contribution in [-0.2, 0) is 19.1 Å². The number of furan rings is 1. The van der Waals surface area contributed by atoms with Gasteiger partial charge in [-0.1, -0.05) is 11.6 Å². The van der Waals surface area contributed by atoms with Gasteiger partial charge in [-0.25, -0.2) is 4.79 Å². The summed E-state index contributed by atoms with van der Waals surface area (Å²) in [6.07, 6.45) is -11.3. The average molecular weight is 489 g/mol. The molecule has 2 aromatic heterocycles. The molecule has 0 saturated heterocycles. The number of hydrogen-bond donors (Lipinski definition) is 1. The summed E-state index contributed by atoms with van der Waals surface area (Å²) in [7, 11) is 0.762. The van der Waals surface area contributed by atoms with E-state index >= 15 is 0 Å². The molecule has 5 nitrogen and oxygen atoms in total. The molecule has 0 fully saturated rings. The highest BCUT2D eigenvalue weighted by molar-refractivity contribution is 6.33. The van der Waals surface area contributed by atoms with Crippen LogP contribution in [0.4, 0.5) is 35.1 Å². The van der Waals surface area contributed by atoms with E-state index in [9.17, 15) is 39.9 Å². The minimum atomic E-state index is -6.32. The highest BCUT2D eigenvalue weighted by atomic mass is 35.5. The van der Waals surface area contributed by atoms with E-state index in [2.05, 4.69) is 5.10 Å². The molecule has 3 aromatic rings. The lowest BCUT2D eigenvalue weighted by Crippen LogP contribution is -2.36. The normalized spacial score (nSPS) is 12.9. The van der Waals surface area contributed by atoms with E-state index in [1.807, 2.05) is 0 Å². The van der Waals surface area contributed by atoms with Gasteiger partial charge in [-0.05, 0) is 24.3 Å². The van der Waals surface area contributed by atoms with E-state index in [1.165, 1.54) is 12.1 Å². The molecule has 14 heteroatoms. The number of benzene rings is 1. The van der Waals surface area contributed by atoms with Crippen LogP contribution in [0.1, 0.15) is 21.6 Å². The molecule has 0 atom stereocenters. The van der Waals surface area contributed by atoms with Gasteiger partial charge < -0.3 is 9.52 Å². The van der Waals surface area contributed by atoms with Gasteiger partial charge in [-0.2, -0.15) is 40.2 Å². The Morgan fingerprint density at radius 3 is 2.22 bits per heavy atom. The standard InChI is InChI=1S/C18H9ClF8N2O3/c1-29-13(12(17(22,23)24)14(28-29)16(20,21)18(25,26)27)8-5-11(32-6-8)7-2-3-10(19)9(4-7)15(30)31/h2-6H,1H3,(H,30,31). The SMILES string of the molecule is Cn1nc(C(F)(F)C(F)(F)F)c(C(F)(F)F)c1-c1coc(-c2ccc(Cl)c(C(=O)O)c2)c1. The summed E-state index contributed by atoms with van der Waals surface area (Å²) in [4.78, 5) is 11.2. The van der Waals surface area contributed by atoms with Crippen molar-refractivity contribution in [1.82, 2.24) is 9.78 Å². The molecular formula is C18H9ClF8N2O3. The molecular weight excluding hydrogens is 480 g/mol. The molecule has 172 valence electrons. The van der Waals surface area contributed by atoms with Crippen LogP contribution in [0.25, 0.3) is 22.6 Å². The molecule has 0 spiro atoms. The molecule has 0 bridgehead atoms. The number of carbonyl (C=O) groups is 1. The summed E-state index contributed by atoms with van der Waals surface area (Å²) in [6, 6.07) is 4.41. The lowest BCUT2D eigenvalue weighted by Gasteiger charge is -2.19. The molecule has 0 amide bonds. The second-order valence-corrected chi connectivity index (χ2v) is 6.87. The average Bonchev–Trinajstić information content (AvgIpc) is 3.25. The van der Waals surface area contributed by atoms with E-state index < -0.39 is 46.8 Å². The maximum Gasteiger partial charge on any atom is 0.459 e. The molecule has 0 aliphatic rings. The van der Waals surface area contributed by atoms with Crippen molar-refractivity contribution < 1.29 is 49.4 Å². The summed E-state index contributed by atoms with van der Waals surface area (Å²) in [5, 5.41) is 11.8. The number of nitrogens with zero attached hydrogens (tertiary/aromatic N) is 2. The summed E-state index contributed by atoms with van der Waals surface area (Å²) in [5.41, 5.74) is -6.70. The third-order valence-corrected chi connectivity index (χ3v) is 4.67. The monoisotopic (exact) mass is 488 g/mol. The van der Waals surface area contributed by atoms with Crippen molar-refractivity contribution in [2.75, 3.05) is 0 Å². The number of carboxylic acids is 1. The van der Waals surface area contributed by atoms with Crippen LogP contribution in [0.15, 0.2) is 34.9 Å². The van der Waals surface area contributed by atoms with Gasteiger partial charge in [0.2, 0.25) is 0 Å². The highest BCUT2D eigenvalue weighted by Gasteiger charge is 2.64. The Kier molecular flexibility index (Phi) is 5.52. The van der Waals surface area contributed by atoms with Gasteiger partial charge in [0.15, 0.2) is 5.69 Å². The van der Waals surface area contributed by atoms with Gasteiger partial charge in [0.05, 0.1) is 16.3 Å². The molecule has 1 N–H and O–H groups in total. The van der Waals surface area contributed by atoms with Crippen molar-refractivity contribution in [3.05, 3.63) is 52.4 Å². The van der Waals surface area contributed by atoms with Gasteiger partial charge in [0.25, 0.3) is 0 Å². The van der Waals surface area contributed by atoms with E-state index in [0.29, 0.717) is 6.26 Å². The van der Waals surface area contributed by atoms with E-state index in [0.717, 1.165) is 19.2 Å². The first-order valence-corrected chi connectivity index (χ1v) is 8.64. The second kappa shape index (κ2) is 7.50. The second-order valence-electron chi connectivity index (χ2n) is 6.47. The van der Waals surface area contributed by atoms with Gasteiger partial charge in [0.1, 0.15) is 17.6 Å². The molecule has 0 aliphatic heterocycles. The highest BCUT2D eigenvalue weighted by Crippen LogP contribution is 2.50. The first-order valence-electron chi connectivity index (χ1n) is 8.27. The molecule has 0 radical (unpaired) electrons. The third kappa shape index (κ3) is 3.92. The van der Waals surface area contributed by atoms with Gasteiger partial charge in [-0.3, -0.25) is 4.68 Å². The molecule has 1 aromatic carbocycles. The smallest absolute Gasteiger partial charge is 0.459 e. The molecule has 32 heavy (non-hydrogen) atoms. The number of alkyl halides is 8. The Morgan fingerprint density at radius 1 is 1.06 bits per heavy atom. The van der Waals surface area contributed by atoms with Crippen LogP contribution in [0.5, 0.6) is 0 Å². The van der Waals surface area contributed by atoms with E-state index in [-0.39, 0.29) is 26.6 Å². The Hall–Kier alpha value is -3.09. The fourth-order valence-electron chi connectivity index (χ4n) is 2.93. The zero-order chi connectivity index (χ0) is 24.2. The maximum absolute atomic E-state index is 13.8. The minimum Gasteiger partial charge on any atom is -0.478 e. The van der Waals surface area contributed by atoms with Crippen LogP contribution in [0.3, 0.4) is 0 Å². The van der Waals surface area contributed by atoms with Crippen LogP contribution >= 0.6 is 11.6 Å². The summed E-state index contributed by atoms with van der Waals surface area (Å²) < 4.78 is 112. The van der Waals surface area contributed by atoms with Crippen molar-refractivity contribution in [3.63, 3.8) is 0 Å². The molecule has 0 unspecified atom stereocenters. The first kappa shape index (κ1) is 23.6. The Labute approximate surface area is 177 Å². The van der Waals surface area contributed by atoms with E-state index in [4.69, 9.17) is 21.1 Å². The lowest BCUT2D eigenvalue weighted by molar-refractivity contribution is -0.292. The third-order valence-electron chi connectivity index (χ3n) is 4.34. The fourth-order valence-corrected chi connectivity index (χ4v) is 3.13. The lowest BCUT2D eigenvalue weighted by atomic mass is 10.0. The number of rotatable bonds is 4. The zero-order valence-electron chi connectivity index (χ0n) is 15.4. The Balaban J connectivity index is 2.20. The van der Waals surface area contributed by atoms with Crippen molar-refractivity contribution >= 4 is 17.6 Å². The molecule has 0 saturated carbocycles. The predicted molar refractivity (Wildman–Crippen MR) is 93.3 cm³/mol. The predicted octanol–water partition coefficient (Wildman–Crippen LogP) is 6.37. The molecule has 2 heterocycles. The van der Waals surface area contributed by atoms with Crippen molar-refractivity contribution in [2.24, 2.45) is 7.05 Å². The van der Waals surface area contributed by atoms with Crippen LogP contribution in [-0.4, -0.2) is 27.0 Å². The van der Waals surface area contributed by atoms with Crippen LogP contribution in [0, 0.1) is 0 Å².